The first-order chi connectivity index (χ1) is 14.6. The summed E-state index contributed by atoms with van der Waals surface area (Å²) in [7, 11) is 3.19. The number of rotatable bonds is 7. The number of halogens is 1. The normalized spacial score (nSPS) is 10.9. The molecule has 0 saturated carbocycles. The summed E-state index contributed by atoms with van der Waals surface area (Å²) in [5, 5.41) is 10.2. The van der Waals surface area contributed by atoms with Gasteiger partial charge in [0.1, 0.15) is 0 Å². The third-order valence-corrected chi connectivity index (χ3v) is 5.68. The van der Waals surface area contributed by atoms with E-state index < -0.39 is 0 Å². The van der Waals surface area contributed by atoms with Gasteiger partial charge in [-0.15, -0.1) is 16.4 Å². The van der Waals surface area contributed by atoms with Crippen LogP contribution in [-0.4, -0.2) is 41.3 Å². The van der Waals surface area contributed by atoms with Gasteiger partial charge < -0.3 is 14.8 Å². The molecule has 154 valence electrons. The number of benzene rings is 2. The first kappa shape index (κ1) is 20.2. The molecular weight excluding hydrogens is 424 g/mol. The molecule has 1 N–H and O–H groups in total. The minimum Gasteiger partial charge on any atom is -0.493 e. The molecule has 0 aliphatic carbocycles. The van der Waals surface area contributed by atoms with Crippen molar-refractivity contribution in [2.45, 2.75) is 6.42 Å². The quantitative estimate of drug-likeness (QED) is 0.466. The van der Waals surface area contributed by atoms with Crippen LogP contribution >= 0.6 is 22.9 Å². The molecule has 0 radical (unpaired) electrons. The maximum Gasteiger partial charge on any atom is 0.251 e. The van der Waals surface area contributed by atoms with E-state index in [9.17, 15) is 4.79 Å². The molecule has 0 aliphatic rings. The van der Waals surface area contributed by atoms with Crippen molar-refractivity contribution in [3.8, 4) is 22.9 Å². The second kappa shape index (κ2) is 8.73. The largest absolute Gasteiger partial charge is 0.493 e. The highest BCUT2D eigenvalue weighted by Gasteiger charge is 2.14. The number of nitrogens with zero attached hydrogens (tertiary/aromatic N) is 3. The summed E-state index contributed by atoms with van der Waals surface area (Å²) in [6.07, 6.45) is 0.633. The molecule has 0 saturated heterocycles. The fourth-order valence-electron chi connectivity index (χ4n) is 3.00. The molecule has 0 fully saturated rings. The number of carbonyl (C=O) groups excluding carboxylic acids is 1. The number of ether oxygens (including phenoxy) is 2. The maximum absolute atomic E-state index is 12.2. The van der Waals surface area contributed by atoms with E-state index in [1.807, 2.05) is 28.1 Å². The number of methoxy groups -OCH3 is 2. The number of fused-ring (bicyclic) bond motifs is 1. The molecule has 4 aromatic rings. The van der Waals surface area contributed by atoms with Crippen LogP contribution in [0.3, 0.4) is 0 Å². The van der Waals surface area contributed by atoms with Gasteiger partial charge in [-0.2, -0.15) is 4.98 Å². The van der Waals surface area contributed by atoms with E-state index in [0.29, 0.717) is 40.9 Å². The van der Waals surface area contributed by atoms with E-state index in [1.165, 1.54) is 11.3 Å². The second-order valence-electron chi connectivity index (χ2n) is 6.44. The molecule has 2 aromatic heterocycles. The number of hydrogen-bond donors (Lipinski definition) is 1. The molecule has 0 aliphatic heterocycles. The predicted molar refractivity (Wildman–Crippen MR) is 117 cm³/mol. The Bertz CT molecular complexity index is 1190. The van der Waals surface area contributed by atoms with Gasteiger partial charge in [0.15, 0.2) is 17.3 Å². The molecule has 7 nitrogen and oxygen atoms in total. The molecule has 2 aromatic carbocycles. The van der Waals surface area contributed by atoms with Gasteiger partial charge in [-0.3, -0.25) is 4.79 Å². The van der Waals surface area contributed by atoms with Crippen LogP contribution in [0.15, 0.2) is 47.8 Å². The van der Waals surface area contributed by atoms with E-state index in [1.54, 1.807) is 38.5 Å². The number of nitrogens with one attached hydrogen (secondary N) is 1. The lowest BCUT2D eigenvalue weighted by molar-refractivity contribution is 0.0954. The SMILES string of the molecule is COc1ccc(-c2nc3scc(CCNC(=O)c4ccc(Cl)cc4)n3n2)cc1OC. The van der Waals surface area contributed by atoms with Crippen LogP contribution in [0.5, 0.6) is 11.5 Å². The highest BCUT2D eigenvalue weighted by Crippen LogP contribution is 2.31. The zero-order valence-corrected chi connectivity index (χ0v) is 18.0. The Labute approximate surface area is 182 Å². The van der Waals surface area contributed by atoms with Gasteiger partial charge in [-0.05, 0) is 42.5 Å². The zero-order valence-electron chi connectivity index (χ0n) is 16.4. The van der Waals surface area contributed by atoms with Gasteiger partial charge in [0, 0.05) is 34.5 Å². The van der Waals surface area contributed by atoms with Crippen LogP contribution in [0, 0.1) is 0 Å². The lowest BCUT2D eigenvalue weighted by atomic mass is 10.2. The van der Waals surface area contributed by atoms with Gasteiger partial charge >= 0.3 is 0 Å². The van der Waals surface area contributed by atoms with E-state index in [4.69, 9.17) is 21.1 Å². The standard InChI is InChI=1S/C21H19ClN4O3S/c1-28-17-8-5-14(11-18(17)29-2)19-24-21-26(25-19)16(12-30-21)9-10-23-20(27)13-3-6-15(22)7-4-13/h3-8,11-12H,9-10H2,1-2H3,(H,23,27). The Balaban J connectivity index is 1.47. The van der Waals surface area contributed by atoms with E-state index in [0.717, 1.165) is 16.2 Å². The lowest BCUT2D eigenvalue weighted by Gasteiger charge is -2.07. The van der Waals surface area contributed by atoms with E-state index in [2.05, 4.69) is 15.4 Å². The van der Waals surface area contributed by atoms with Crippen LogP contribution in [0.1, 0.15) is 16.1 Å². The minimum absolute atomic E-state index is 0.136. The first-order valence-electron chi connectivity index (χ1n) is 9.18. The number of carbonyl (C=O) groups is 1. The van der Waals surface area contributed by atoms with Crippen LogP contribution < -0.4 is 14.8 Å². The van der Waals surface area contributed by atoms with Gasteiger partial charge in [-0.1, -0.05) is 11.6 Å². The van der Waals surface area contributed by atoms with Crippen molar-refractivity contribution in [2.24, 2.45) is 0 Å². The summed E-state index contributed by atoms with van der Waals surface area (Å²) in [5.74, 6) is 1.75. The molecule has 0 bridgehead atoms. The Kier molecular flexibility index (Phi) is 5.87. The number of aromatic nitrogens is 3. The molecule has 1 amide bonds. The molecular formula is C21H19ClN4O3S. The van der Waals surface area contributed by atoms with E-state index in [-0.39, 0.29) is 5.91 Å². The summed E-state index contributed by atoms with van der Waals surface area (Å²) in [5.41, 5.74) is 2.39. The minimum atomic E-state index is -0.136. The average Bonchev–Trinajstić information content (AvgIpc) is 3.35. The van der Waals surface area contributed by atoms with Gasteiger partial charge in [0.25, 0.3) is 5.91 Å². The Morgan fingerprint density at radius 1 is 1.13 bits per heavy atom. The zero-order chi connectivity index (χ0) is 21.1. The van der Waals surface area contributed by atoms with Crippen molar-refractivity contribution < 1.29 is 14.3 Å². The summed E-state index contributed by atoms with van der Waals surface area (Å²) in [6, 6.07) is 12.4. The van der Waals surface area contributed by atoms with Crippen molar-refractivity contribution in [2.75, 3.05) is 20.8 Å². The Morgan fingerprint density at radius 2 is 1.90 bits per heavy atom. The second-order valence-corrected chi connectivity index (χ2v) is 7.71. The van der Waals surface area contributed by atoms with Gasteiger partial charge in [0.2, 0.25) is 4.96 Å². The topological polar surface area (TPSA) is 77.8 Å². The smallest absolute Gasteiger partial charge is 0.251 e. The fraction of sp³-hybridized carbons (Fsp3) is 0.190. The number of hydrogen-bond acceptors (Lipinski definition) is 6. The van der Waals surface area contributed by atoms with Crippen LogP contribution in [-0.2, 0) is 6.42 Å². The van der Waals surface area contributed by atoms with Crippen molar-refractivity contribution in [3.05, 3.63) is 64.1 Å². The molecule has 2 heterocycles. The summed E-state index contributed by atoms with van der Waals surface area (Å²) >= 11 is 7.37. The summed E-state index contributed by atoms with van der Waals surface area (Å²) in [6.45, 7) is 0.485. The van der Waals surface area contributed by atoms with Crippen LogP contribution in [0.25, 0.3) is 16.3 Å². The lowest BCUT2D eigenvalue weighted by Crippen LogP contribution is -2.25. The molecule has 0 unspecified atom stereocenters. The fourth-order valence-corrected chi connectivity index (χ4v) is 3.98. The maximum atomic E-state index is 12.2. The van der Waals surface area contributed by atoms with Gasteiger partial charge in [0.05, 0.1) is 19.9 Å². The number of thiazole rings is 1. The molecule has 4 rings (SSSR count). The van der Waals surface area contributed by atoms with Crippen LogP contribution in [0.4, 0.5) is 0 Å². The monoisotopic (exact) mass is 442 g/mol. The Morgan fingerprint density at radius 3 is 2.63 bits per heavy atom. The van der Waals surface area contributed by atoms with Gasteiger partial charge in [-0.25, -0.2) is 4.52 Å². The molecule has 0 spiro atoms. The summed E-state index contributed by atoms with van der Waals surface area (Å²) in [4.78, 5) is 17.6. The van der Waals surface area contributed by atoms with Crippen molar-refractivity contribution in [3.63, 3.8) is 0 Å². The summed E-state index contributed by atoms with van der Waals surface area (Å²) < 4.78 is 12.5. The third kappa shape index (κ3) is 4.10. The molecule has 9 heteroatoms. The van der Waals surface area contributed by atoms with E-state index >= 15 is 0 Å². The predicted octanol–water partition coefficient (Wildman–Crippen LogP) is 4.10. The number of amides is 1. The van der Waals surface area contributed by atoms with Crippen molar-refractivity contribution in [1.82, 2.24) is 19.9 Å². The molecule has 30 heavy (non-hydrogen) atoms. The average molecular weight is 443 g/mol. The van der Waals surface area contributed by atoms with Crippen LogP contribution in [0.2, 0.25) is 5.02 Å². The first-order valence-corrected chi connectivity index (χ1v) is 10.4. The Hall–Kier alpha value is -3.10. The molecule has 0 atom stereocenters. The third-order valence-electron chi connectivity index (χ3n) is 4.56. The highest BCUT2D eigenvalue weighted by molar-refractivity contribution is 7.15. The highest BCUT2D eigenvalue weighted by atomic mass is 35.5. The van der Waals surface area contributed by atoms with Crippen molar-refractivity contribution >= 4 is 33.8 Å². The van der Waals surface area contributed by atoms with Crippen molar-refractivity contribution in [1.29, 1.82) is 0 Å².